The summed E-state index contributed by atoms with van der Waals surface area (Å²) in [6.45, 7) is 2.74. The van der Waals surface area contributed by atoms with E-state index in [4.69, 9.17) is 0 Å². The molecule has 0 saturated heterocycles. The third kappa shape index (κ3) is 13.8. The largest absolute Gasteiger partial charge is 1.00 e. The van der Waals surface area contributed by atoms with E-state index in [1.54, 1.807) is 48.5 Å². The second kappa shape index (κ2) is 24.1. The van der Waals surface area contributed by atoms with Gasteiger partial charge in [0, 0.05) is 45.6 Å². The molecule has 0 aliphatic rings. The molecule has 0 fully saturated rings. The Labute approximate surface area is 508 Å². The Morgan fingerprint density at radius 1 is 0.472 bits per heavy atom. The van der Waals surface area contributed by atoms with E-state index in [-0.39, 0.29) is 150 Å². The Bertz CT molecular complexity index is 3680. The van der Waals surface area contributed by atoms with Gasteiger partial charge in [-0.2, -0.15) is 0 Å². The van der Waals surface area contributed by atoms with E-state index in [2.05, 4.69) is 20.2 Å². The summed E-state index contributed by atoms with van der Waals surface area (Å²) in [7, 11) is -21.5. The van der Waals surface area contributed by atoms with Crippen LogP contribution in [0.5, 0.6) is 0 Å². The van der Waals surface area contributed by atoms with Crippen LogP contribution in [0.15, 0.2) is 139 Å². The molecule has 6 aromatic carbocycles. The second-order valence-corrected chi connectivity index (χ2v) is 22.0. The van der Waals surface area contributed by atoms with E-state index in [1.165, 1.54) is 48.7 Å². The van der Waals surface area contributed by atoms with Crippen molar-refractivity contribution in [2.24, 2.45) is 10.2 Å². The number of nitrogens with zero attached hydrogens (tertiary/aromatic N) is 6. The summed E-state index contributed by atoms with van der Waals surface area (Å²) in [5, 5.41) is 34.9. The van der Waals surface area contributed by atoms with Gasteiger partial charge in [-0.05, 0) is 96.8 Å². The number of azo groups is 2. The number of hydrogen-bond acceptors (Lipinski definition) is 20. The van der Waals surface area contributed by atoms with Crippen LogP contribution in [0.2, 0.25) is 0 Å². The molecule has 72 heavy (non-hydrogen) atoms. The third-order valence-electron chi connectivity index (χ3n) is 9.95. The summed E-state index contributed by atoms with van der Waals surface area (Å²) in [6, 6.07) is 24.0. The molecule has 8 aromatic rings. The Hall–Kier alpha value is -2.72. The molecule has 30 heteroatoms. The maximum atomic E-state index is 13.4. The van der Waals surface area contributed by atoms with E-state index in [9.17, 15) is 62.3 Å². The number of para-hydroxylation sites is 2. The molecule has 0 aliphatic carbocycles. The maximum absolute atomic E-state index is 13.4. The summed E-state index contributed by atoms with van der Waals surface area (Å²) >= 11 is 2.43. The van der Waals surface area contributed by atoms with Crippen molar-refractivity contribution < 1.29 is 180 Å². The summed E-state index contributed by atoms with van der Waals surface area (Å²) in [5.74, 6) is 0. The molecule has 2 heterocycles. The number of aromatic nitrogens is 2. The van der Waals surface area contributed by atoms with Crippen molar-refractivity contribution in [3.8, 4) is 21.1 Å². The molecule has 0 unspecified atom stereocenters. The minimum Gasteiger partial charge on any atom is -0.744 e. The maximum Gasteiger partial charge on any atom is 1.00 e. The van der Waals surface area contributed by atoms with Gasteiger partial charge >= 0.3 is 118 Å². The first kappa shape index (κ1) is 61.8. The van der Waals surface area contributed by atoms with Crippen LogP contribution in [0.25, 0.3) is 53.7 Å². The van der Waals surface area contributed by atoms with Crippen LogP contribution in [-0.2, 0) is 40.5 Å². The number of rotatable bonds is 12. The first-order valence-corrected chi connectivity index (χ1v) is 26.3. The molecular weight excluding hydrogens is 1100 g/mol. The van der Waals surface area contributed by atoms with Crippen molar-refractivity contribution in [1.82, 2.24) is 9.97 Å². The van der Waals surface area contributed by atoms with Crippen LogP contribution in [-0.4, -0.2) is 71.6 Å². The standard InChI is InChI=1S/C42H30N6O14S6.4Na/c1-23-17-27(41-43-31-7-3-5-9-33(31)63-41)19-37(67(57,58)59)39(23)45-47(49)29-15-13-25(35(21-29)65(51,52)53)11-12-26-14-16-30(22-36(26)66(54,55)56)48(50)46-40-24(2)18-28(20-38(40)68(60,61)62)42-44-32-8-4-6-10-34(32)64-42;;;;/h3-22H,1-2H3,(H,51,52,53)(H,54,55,56)(H,57,58,59)(H,60,61,62);;;;/q;4*+1/p-4/b12-11+,47-45?,48-46?;;;;. The van der Waals surface area contributed by atoms with Crippen LogP contribution in [0, 0.1) is 24.3 Å². The Morgan fingerprint density at radius 2 is 0.806 bits per heavy atom. The molecule has 0 atom stereocenters. The fraction of sp³-hybridized carbons (Fsp3) is 0.0476. The molecule has 0 radical (unpaired) electrons. The van der Waals surface area contributed by atoms with Crippen molar-refractivity contribution >= 4 is 118 Å². The Morgan fingerprint density at radius 3 is 1.12 bits per heavy atom. The van der Waals surface area contributed by atoms with Gasteiger partial charge < -0.3 is 28.6 Å². The van der Waals surface area contributed by atoms with Crippen molar-refractivity contribution in [1.29, 1.82) is 0 Å². The van der Waals surface area contributed by atoms with E-state index in [0.717, 1.165) is 58.0 Å². The van der Waals surface area contributed by atoms with Gasteiger partial charge in [0.1, 0.15) is 50.5 Å². The van der Waals surface area contributed by atoms with Gasteiger partial charge in [-0.15, -0.1) is 22.7 Å². The van der Waals surface area contributed by atoms with Gasteiger partial charge in [-0.25, -0.2) is 43.6 Å². The zero-order valence-corrected chi connectivity index (χ0v) is 51.3. The van der Waals surface area contributed by atoms with E-state index < -0.39 is 93.9 Å². The second-order valence-electron chi connectivity index (χ2n) is 14.6. The van der Waals surface area contributed by atoms with Crippen LogP contribution in [0.1, 0.15) is 22.3 Å². The van der Waals surface area contributed by atoms with Gasteiger partial charge in [-0.1, -0.05) is 46.1 Å². The molecule has 8 rings (SSSR count). The van der Waals surface area contributed by atoms with Crippen LogP contribution in [0.3, 0.4) is 0 Å². The first-order chi connectivity index (χ1) is 31.8. The van der Waals surface area contributed by atoms with Crippen molar-refractivity contribution in [3.63, 3.8) is 0 Å². The SMILES string of the molecule is Cc1cc(-c2nc3ccccc3s2)cc(S(=O)(=O)[O-])c1N=[N+]([O-])c1ccc(/C=C/c2ccc([N+]([O-])=Nc3c(C)cc(-c4nc5ccccc5s4)cc3S(=O)(=O)[O-])cc2S(=O)(=O)[O-])c(S(=O)(=O)[O-])c1.[Na+].[Na+].[Na+].[Na+]. The fourth-order valence-corrected chi connectivity index (χ4v) is 11.5. The van der Waals surface area contributed by atoms with Crippen molar-refractivity contribution in [3.05, 3.63) is 142 Å². The van der Waals surface area contributed by atoms with Crippen LogP contribution >= 0.6 is 22.7 Å². The fourth-order valence-electron chi connectivity index (χ4n) is 6.84. The summed E-state index contributed by atoms with van der Waals surface area (Å²) in [5.41, 5.74) is -1.51. The average Bonchev–Trinajstić information content (AvgIpc) is 3.90. The number of aryl methyl sites for hydroxylation is 2. The quantitative estimate of drug-likeness (QED) is 0.0286. The number of hydrogen-bond donors (Lipinski definition) is 0. The predicted octanol–water partition coefficient (Wildman–Crippen LogP) is -3.49. The minimum absolute atomic E-state index is 0. The van der Waals surface area contributed by atoms with E-state index >= 15 is 0 Å². The van der Waals surface area contributed by atoms with Crippen molar-refractivity contribution in [2.45, 2.75) is 33.4 Å². The molecule has 0 spiro atoms. The van der Waals surface area contributed by atoms with Crippen molar-refractivity contribution in [2.75, 3.05) is 0 Å². The predicted molar refractivity (Wildman–Crippen MR) is 244 cm³/mol. The molecule has 0 saturated carbocycles. The molecular formula is C42H26N6Na4O14S6. The molecule has 0 bridgehead atoms. The smallest absolute Gasteiger partial charge is 0.744 e. The first-order valence-electron chi connectivity index (χ1n) is 19.0. The van der Waals surface area contributed by atoms with Gasteiger partial charge in [-0.3, -0.25) is 0 Å². The topological polar surface area (TPSA) is 331 Å². The molecule has 2 aromatic heterocycles. The van der Waals surface area contributed by atoms with E-state index in [0.29, 0.717) is 33.2 Å². The molecule has 0 amide bonds. The Kier molecular flexibility index (Phi) is 20.7. The zero-order valence-electron chi connectivity index (χ0n) is 38.4. The normalized spacial score (nSPS) is 12.5. The molecule has 0 N–H and O–H groups in total. The number of benzene rings is 6. The number of fused-ring (bicyclic) bond motifs is 2. The Balaban J connectivity index is 0.00000281. The van der Waals surface area contributed by atoms with Gasteiger partial charge in [0.05, 0.1) is 40.0 Å². The third-order valence-corrected chi connectivity index (χ3v) is 15.6. The van der Waals surface area contributed by atoms with Gasteiger partial charge in [0.15, 0.2) is 11.4 Å². The van der Waals surface area contributed by atoms with Gasteiger partial charge in [0.25, 0.3) is 0 Å². The average molecular weight is 1120 g/mol. The molecule has 0 aliphatic heterocycles. The summed E-state index contributed by atoms with van der Waals surface area (Å²) in [4.78, 5) is 4.61. The van der Waals surface area contributed by atoms with Crippen LogP contribution < -0.4 is 118 Å². The minimum atomic E-state index is -5.45. The molecule has 348 valence electrons. The van der Waals surface area contributed by atoms with Crippen LogP contribution in [0.4, 0.5) is 22.7 Å². The summed E-state index contributed by atoms with van der Waals surface area (Å²) < 4.78 is 151. The molecule has 20 nitrogen and oxygen atoms in total. The number of thiazole rings is 2. The monoisotopic (exact) mass is 1120 g/mol. The van der Waals surface area contributed by atoms with Gasteiger partial charge in [0.2, 0.25) is 11.4 Å². The summed E-state index contributed by atoms with van der Waals surface area (Å²) in [6.07, 6.45) is 1.80. The van der Waals surface area contributed by atoms with E-state index in [1.807, 2.05) is 0 Å². The zero-order chi connectivity index (χ0) is 49.1.